The van der Waals surface area contributed by atoms with Gasteiger partial charge in [0.25, 0.3) is 0 Å². The maximum absolute atomic E-state index is 12.3. The highest BCUT2D eigenvalue weighted by molar-refractivity contribution is 9.18. The summed E-state index contributed by atoms with van der Waals surface area (Å²) in [6, 6.07) is 0. The molecule has 1 fully saturated rings. The Kier molecular flexibility index (Phi) is 5.38. The molecule has 0 spiro atoms. The summed E-state index contributed by atoms with van der Waals surface area (Å²) in [5.41, 5.74) is 3.46. The predicted molar refractivity (Wildman–Crippen MR) is 101 cm³/mol. The van der Waals surface area contributed by atoms with Gasteiger partial charge in [-0.05, 0) is 29.8 Å². The maximum Gasteiger partial charge on any atom is 0.226 e. The van der Waals surface area contributed by atoms with Crippen LogP contribution in [0.15, 0.2) is 21.5 Å². The van der Waals surface area contributed by atoms with Crippen molar-refractivity contribution >= 4 is 44.5 Å². The van der Waals surface area contributed by atoms with Gasteiger partial charge in [-0.2, -0.15) is 0 Å². The zero-order chi connectivity index (χ0) is 21.8. The molecule has 5 N–H and O–H groups in total. The number of hydrogen-bond donors (Lipinski definition) is 4. The number of amides is 1. The summed E-state index contributed by atoms with van der Waals surface area (Å²) in [5.74, 6) is -2.05. The third-order valence-corrected chi connectivity index (χ3v) is 5.70. The molecule has 0 radical (unpaired) electrons. The smallest absolute Gasteiger partial charge is 0.226 e. The number of carbonyl (C=O) groups is 3. The molecule has 1 saturated heterocycles. The molecule has 2 unspecified atom stereocenters. The predicted octanol–water partition coefficient (Wildman–Crippen LogP) is -2.25. The molecular weight excluding hydrogens is 454 g/mol. The highest BCUT2D eigenvalue weighted by Crippen LogP contribution is 2.42. The summed E-state index contributed by atoms with van der Waals surface area (Å²) in [6.07, 6.45) is -6.82. The molecule has 3 aliphatic rings. The van der Waals surface area contributed by atoms with Crippen molar-refractivity contribution in [3.63, 3.8) is 0 Å². The first-order valence-electron chi connectivity index (χ1n) is 8.53. The first-order valence-corrected chi connectivity index (χ1v) is 9.32. The second-order valence-electron chi connectivity index (χ2n) is 6.94. The van der Waals surface area contributed by atoms with Crippen LogP contribution in [0.25, 0.3) is 0 Å². The van der Waals surface area contributed by atoms with E-state index < -0.39 is 53.8 Å². The largest absolute Gasteiger partial charge is 0.387 e. The Morgan fingerprint density at radius 3 is 2.48 bits per heavy atom. The molecule has 1 amide bonds. The van der Waals surface area contributed by atoms with Crippen molar-refractivity contribution in [3.05, 3.63) is 11.5 Å². The van der Waals surface area contributed by atoms with Crippen molar-refractivity contribution in [1.82, 2.24) is 9.80 Å². The van der Waals surface area contributed by atoms with Gasteiger partial charge in [0, 0.05) is 6.92 Å². The highest BCUT2D eigenvalue weighted by atomic mass is 79.9. The zero-order valence-electron chi connectivity index (χ0n) is 15.7. The minimum atomic E-state index is -2.54. The van der Waals surface area contributed by atoms with Gasteiger partial charge in [0.15, 0.2) is 40.1 Å². The Morgan fingerprint density at radius 1 is 1.34 bits per heavy atom. The average molecular weight is 474 g/mol. The lowest BCUT2D eigenvalue weighted by Crippen LogP contribution is -2.64. The topological polar surface area (TPSA) is 178 Å². The van der Waals surface area contributed by atoms with Crippen LogP contribution in [0, 0.1) is 0 Å². The van der Waals surface area contributed by atoms with Crippen LogP contribution in [0.2, 0.25) is 0 Å². The van der Waals surface area contributed by atoms with E-state index in [2.05, 4.69) is 25.9 Å². The fourth-order valence-electron chi connectivity index (χ4n) is 3.50. The summed E-state index contributed by atoms with van der Waals surface area (Å²) >= 11 is 3.19. The van der Waals surface area contributed by atoms with Crippen molar-refractivity contribution in [2.24, 2.45) is 15.7 Å². The zero-order valence-corrected chi connectivity index (χ0v) is 17.3. The van der Waals surface area contributed by atoms with Crippen LogP contribution in [0.5, 0.6) is 0 Å². The number of nitrogens with two attached hydrogens (primary N) is 1. The molecule has 0 aromatic heterocycles. The third kappa shape index (κ3) is 3.09. The SMILES string of the molecule is CC(=O)C(O)[C@H]1O[C@@H](N2C(Br)=NC3=C(N)N=CN(C(C)=O)C32)[C@@](O)(C(C)=O)[C@@H]1O. The van der Waals surface area contributed by atoms with Crippen LogP contribution < -0.4 is 5.73 Å². The first kappa shape index (κ1) is 21.5. The van der Waals surface area contributed by atoms with E-state index in [4.69, 9.17) is 10.5 Å². The summed E-state index contributed by atoms with van der Waals surface area (Å²) in [7, 11) is 0. The van der Waals surface area contributed by atoms with Crippen molar-refractivity contribution in [2.75, 3.05) is 0 Å². The molecule has 6 atom stereocenters. The Bertz CT molecular complexity index is 874. The number of nitrogens with zero attached hydrogens (tertiary/aromatic N) is 4. The monoisotopic (exact) mass is 473 g/mol. The summed E-state index contributed by atoms with van der Waals surface area (Å²) < 4.78 is 5.65. The molecule has 29 heavy (non-hydrogen) atoms. The molecule has 0 aromatic rings. The van der Waals surface area contributed by atoms with Crippen LogP contribution >= 0.6 is 15.9 Å². The number of halogens is 1. The highest BCUT2D eigenvalue weighted by Gasteiger charge is 2.65. The van der Waals surface area contributed by atoms with E-state index in [1.54, 1.807) is 0 Å². The molecule has 158 valence electrons. The summed E-state index contributed by atoms with van der Waals surface area (Å²) in [5, 5.41) is 31.8. The van der Waals surface area contributed by atoms with Crippen LogP contribution in [-0.2, 0) is 19.1 Å². The fourth-order valence-corrected chi connectivity index (χ4v) is 4.07. The lowest BCUT2D eigenvalue weighted by molar-refractivity contribution is -0.164. The van der Waals surface area contributed by atoms with Gasteiger partial charge in [-0.3, -0.25) is 24.2 Å². The third-order valence-electron chi connectivity index (χ3n) is 5.11. The number of ether oxygens (including phenoxy) is 1. The first-order chi connectivity index (χ1) is 13.4. The Balaban J connectivity index is 2.10. The number of amidine groups is 1. The average Bonchev–Trinajstić information content (AvgIpc) is 3.10. The molecule has 12 nitrogen and oxygen atoms in total. The second-order valence-corrected chi connectivity index (χ2v) is 7.65. The molecule has 13 heteroatoms. The number of ketones is 2. The normalized spacial score (nSPS) is 34.9. The molecule has 0 aromatic carbocycles. The van der Waals surface area contributed by atoms with Gasteiger partial charge in [-0.1, -0.05) is 0 Å². The van der Waals surface area contributed by atoms with Crippen LogP contribution in [0.4, 0.5) is 0 Å². The van der Waals surface area contributed by atoms with Crippen LogP contribution in [-0.4, -0.2) is 90.0 Å². The van der Waals surface area contributed by atoms with E-state index >= 15 is 0 Å². The number of carbonyl (C=O) groups excluding carboxylic acids is 3. The number of aliphatic hydroxyl groups is 3. The molecule has 3 rings (SSSR count). The molecule has 0 bridgehead atoms. The van der Waals surface area contributed by atoms with Crippen molar-refractivity contribution in [3.8, 4) is 0 Å². The van der Waals surface area contributed by atoms with Gasteiger partial charge >= 0.3 is 0 Å². The minimum absolute atomic E-state index is 0.00261. The van der Waals surface area contributed by atoms with Gasteiger partial charge in [-0.15, -0.1) is 0 Å². The lowest BCUT2D eigenvalue weighted by Gasteiger charge is -2.41. The minimum Gasteiger partial charge on any atom is -0.387 e. The summed E-state index contributed by atoms with van der Waals surface area (Å²) in [6.45, 7) is 3.36. The van der Waals surface area contributed by atoms with E-state index in [1.165, 1.54) is 18.2 Å². The molecular formula is C16H20BrN5O7. The van der Waals surface area contributed by atoms with E-state index in [-0.39, 0.29) is 16.3 Å². The fraction of sp³-hybridized carbons (Fsp3) is 0.562. The Labute approximate surface area is 173 Å². The van der Waals surface area contributed by atoms with E-state index in [1.807, 2.05) is 0 Å². The number of Topliss-reactive ketones (excluding diaryl/α,β-unsaturated/α-hetero) is 2. The Hall–Kier alpha value is -2.19. The van der Waals surface area contributed by atoms with Crippen LogP contribution in [0.3, 0.4) is 0 Å². The number of hydrogen-bond acceptors (Lipinski definition) is 11. The summed E-state index contributed by atoms with van der Waals surface area (Å²) in [4.78, 5) is 46.5. The number of rotatable bonds is 4. The van der Waals surface area contributed by atoms with Gasteiger partial charge in [0.1, 0.15) is 30.3 Å². The van der Waals surface area contributed by atoms with Gasteiger partial charge in [-0.25, -0.2) is 9.98 Å². The number of aliphatic imine (C=N–C) groups is 2. The number of aliphatic hydroxyl groups excluding tert-OH is 2. The molecule has 0 saturated carbocycles. The van der Waals surface area contributed by atoms with E-state index in [0.29, 0.717) is 0 Å². The van der Waals surface area contributed by atoms with E-state index in [9.17, 15) is 29.7 Å². The molecule has 0 aliphatic carbocycles. The van der Waals surface area contributed by atoms with Gasteiger partial charge in [0.05, 0.1) is 0 Å². The van der Waals surface area contributed by atoms with Crippen LogP contribution in [0.1, 0.15) is 20.8 Å². The Morgan fingerprint density at radius 2 is 1.97 bits per heavy atom. The quantitative estimate of drug-likeness (QED) is 0.328. The van der Waals surface area contributed by atoms with Gasteiger partial charge in [0.2, 0.25) is 5.91 Å². The van der Waals surface area contributed by atoms with Gasteiger partial charge < -0.3 is 25.8 Å². The lowest BCUT2D eigenvalue weighted by atomic mass is 9.87. The molecule has 3 heterocycles. The second kappa shape index (κ2) is 7.25. The standard InChI is InChI=1S/C16H20BrN5O7/c1-5(23)9(26)10-11(27)16(28,6(2)24)14(29-10)22-13-8(20-15(22)17)12(18)19-4-21(13)7(3)25/h4,9-11,13-14,26-28H,18H2,1-3H3/t9?,10-,11-,13?,14-,16-/m1/s1. The maximum atomic E-state index is 12.3. The van der Waals surface area contributed by atoms with Crippen molar-refractivity contribution in [2.45, 2.75) is 57.1 Å². The van der Waals surface area contributed by atoms with Crippen molar-refractivity contribution < 1.29 is 34.4 Å². The van der Waals surface area contributed by atoms with Crippen molar-refractivity contribution in [1.29, 1.82) is 0 Å². The van der Waals surface area contributed by atoms with E-state index in [0.717, 1.165) is 18.7 Å². The number of fused-ring (bicyclic) bond motifs is 1. The molecule has 3 aliphatic heterocycles.